The zero-order valence-corrected chi connectivity index (χ0v) is 13.8. The normalized spacial score (nSPS) is 16.4. The molecule has 0 spiro atoms. The number of nitrogens with one attached hydrogen (secondary N) is 2. The summed E-state index contributed by atoms with van der Waals surface area (Å²) >= 11 is 3.43. The molecule has 0 bridgehead atoms. The van der Waals surface area contributed by atoms with Gasteiger partial charge >= 0.3 is 0 Å². The predicted octanol–water partition coefficient (Wildman–Crippen LogP) is 3.33. The molecular formula is C16H23BrN2O. The molecule has 0 aromatic heterocycles. The van der Waals surface area contributed by atoms with Crippen LogP contribution in [0, 0.1) is 0 Å². The minimum Gasteiger partial charge on any atom is -0.346 e. The molecule has 2 N–H and O–H groups in total. The van der Waals surface area contributed by atoms with Gasteiger partial charge in [0.2, 0.25) is 5.91 Å². The quantitative estimate of drug-likeness (QED) is 0.864. The van der Waals surface area contributed by atoms with Crippen LogP contribution in [-0.2, 0) is 10.3 Å². The molecule has 0 heterocycles. The maximum Gasteiger partial charge on any atom is 0.234 e. The van der Waals surface area contributed by atoms with Crippen LogP contribution < -0.4 is 10.6 Å². The summed E-state index contributed by atoms with van der Waals surface area (Å²) in [5.74, 6) is 0.0600. The van der Waals surface area contributed by atoms with Gasteiger partial charge in [0, 0.05) is 10.5 Å². The van der Waals surface area contributed by atoms with E-state index in [9.17, 15) is 4.79 Å². The van der Waals surface area contributed by atoms with Gasteiger partial charge in [0.1, 0.15) is 0 Å². The Labute approximate surface area is 129 Å². The molecule has 20 heavy (non-hydrogen) atoms. The second-order valence-corrected chi connectivity index (χ2v) is 6.96. The van der Waals surface area contributed by atoms with Crippen molar-refractivity contribution in [2.75, 3.05) is 6.54 Å². The predicted molar refractivity (Wildman–Crippen MR) is 85.6 cm³/mol. The SMILES string of the molecule is CC(C)(NC(=O)CNC1CCCC1)c1ccc(Br)cc1. The zero-order valence-electron chi connectivity index (χ0n) is 12.2. The number of carbonyl (C=O) groups is 1. The van der Waals surface area contributed by atoms with Gasteiger partial charge in [0.05, 0.1) is 12.1 Å². The van der Waals surface area contributed by atoms with Crippen molar-refractivity contribution in [2.24, 2.45) is 0 Å². The maximum absolute atomic E-state index is 12.1. The summed E-state index contributed by atoms with van der Waals surface area (Å²) < 4.78 is 1.05. The maximum atomic E-state index is 12.1. The number of rotatable bonds is 5. The van der Waals surface area contributed by atoms with Crippen molar-refractivity contribution in [3.05, 3.63) is 34.3 Å². The average molecular weight is 339 g/mol. The fraction of sp³-hybridized carbons (Fsp3) is 0.562. The van der Waals surface area contributed by atoms with Crippen LogP contribution in [0.1, 0.15) is 45.1 Å². The van der Waals surface area contributed by atoms with Crippen LogP contribution in [0.25, 0.3) is 0 Å². The first kappa shape index (κ1) is 15.5. The molecule has 0 radical (unpaired) electrons. The van der Waals surface area contributed by atoms with Crippen LogP contribution in [0.2, 0.25) is 0 Å². The molecule has 1 amide bonds. The summed E-state index contributed by atoms with van der Waals surface area (Å²) in [5, 5.41) is 6.44. The molecule has 1 aromatic rings. The molecule has 0 saturated heterocycles. The molecule has 0 unspecified atom stereocenters. The molecule has 4 heteroatoms. The monoisotopic (exact) mass is 338 g/mol. The Morgan fingerprint density at radius 1 is 1.25 bits per heavy atom. The van der Waals surface area contributed by atoms with Crippen LogP contribution in [0.5, 0.6) is 0 Å². The van der Waals surface area contributed by atoms with Gasteiger partial charge in [0.25, 0.3) is 0 Å². The highest BCUT2D eigenvalue weighted by Crippen LogP contribution is 2.22. The van der Waals surface area contributed by atoms with E-state index < -0.39 is 0 Å². The van der Waals surface area contributed by atoms with Crippen molar-refractivity contribution in [3.63, 3.8) is 0 Å². The van der Waals surface area contributed by atoms with Crippen molar-refractivity contribution in [3.8, 4) is 0 Å². The van der Waals surface area contributed by atoms with Crippen molar-refractivity contribution in [1.29, 1.82) is 0 Å². The van der Waals surface area contributed by atoms with Gasteiger partial charge in [-0.05, 0) is 44.4 Å². The number of carbonyl (C=O) groups excluding carboxylic acids is 1. The van der Waals surface area contributed by atoms with Crippen molar-refractivity contribution < 1.29 is 4.79 Å². The van der Waals surface area contributed by atoms with Crippen LogP contribution in [0.4, 0.5) is 0 Å². The standard InChI is InChI=1S/C16H23BrN2O/c1-16(2,12-7-9-13(17)10-8-12)19-15(20)11-18-14-5-3-4-6-14/h7-10,14,18H,3-6,11H2,1-2H3,(H,19,20). The third kappa shape index (κ3) is 4.32. The molecule has 1 fully saturated rings. The first-order valence-corrected chi connectivity index (χ1v) is 8.07. The van der Waals surface area contributed by atoms with E-state index in [1.165, 1.54) is 25.7 Å². The van der Waals surface area contributed by atoms with Gasteiger partial charge in [-0.1, -0.05) is 40.9 Å². The molecule has 110 valence electrons. The second kappa shape index (κ2) is 6.72. The number of benzene rings is 1. The molecule has 2 rings (SSSR count). The third-order valence-corrected chi connectivity index (χ3v) is 4.45. The van der Waals surface area contributed by atoms with E-state index in [0.717, 1.165) is 10.0 Å². The van der Waals surface area contributed by atoms with E-state index in [0.29, 0.717) is 12.6 Å². The van der Waals surface area contributed by atoms with Crippen molar-refractivity contribution >= 4 is 21.8 Å². The molecule has 0 aliphatic heterocycles. The Morgan fingerprint density at radius 3 is 2.45 bits per heavy atom. The number of amides is 1. The van der Waals surface area contributed by atoms with Crippen molar-refractivity contribution in [2.45, 2.75) is 51.1 Å². The van der Waals surface area contributed by atoms with E-state index in [1.54, 1.807) is 0 Å². The van der Waals surface area contributed by atoms with E-state index in [2.05, 4.69) is 26.6 Å². The molecular weight excluding hydrogens is 316 g/mol. The Kier molecular flexibility index (Phi) is 5.22. The lowest BCUT2D eigenvalue weighted by atomic mass is 9.94. The molecule has 1 saturated carbocycles. The van der Waals surface area contributed by atoms with Crippen LogP contribution >= 0.6 is 15.9 Å². The third-order valence-electron chi connectivity index (χ3n) is 3.92. The second-order valence-electron chi connectivity index (χ2n) is 6.04. The highest BCUT2D eigenvalue weighted by molar-refractivity contribution is 9.10. The minimum atomic E-state index is -0.352. The Morgan fingerprint density at radius 2 is 1.85 bits per heavy atom. The molecule has 1 aromatic carbocycles. The Balaban J connectivity index is 1.86. The van der Waals surface area contributed by atoms with Gasteiger partial charge in [-0.3, -0.25) is 4.79 Å². The zero-order chi connectivity index (χ0) is 14.6. The summed E-state index contributed by atoms with van der Waals surface area (Å²) in [6, 6.07) is 8.60. The van der Waals surface area contributed by atoms with Gasteiger partial charge < -0.3 is 10.6 Å². The van der Waals surface area contributed by atoms with Gasteiger partial charge in [-0.25, -0.2) is 0 Å². The molecule has 1 aliphatic carbocycles. The molecule has 3 nitrogen and oxygen atoms in total. The average Bonchev–Trinajstić information content (AvgIpc) is 2.89. The molecule has 0 atom stereocenters. The largest absolute Gasteiger partial charge is 0.346 e. The van der Waals surface area contributed by atoms with E-state index >= 15 is 0 Å². The lowest BCUT2D eigenvalue weighted by molar-refractivity contribution is -0.122. The van der Waals surface area contributed by atoms with Gasteiger partial charge in [0.15, 0.2) is 0 Å². The summed E-state index contributed by atoms with van der Waals surface area (Å²) in [7, 11) is 0. The summed E-state index contributed by atoms with van der Waals surface area (Å²) in [5.41, 5.74) is 0.754. The van der Waals surface area contributed by atoms with Crippen LogP contribution in [-0.4, -0.2) is 18.5 Å². The lowest BCUT2D eigenvalue weighted by Gasteiger charge is -2.27. The highest BCUT2D eigenvalue weighted by atomic mass is 79.9. The van der Waals surface area contributed by atoms with Crippen LogP contribution in [0.3, 0.4) is 0 Å². The lowest BCUT2D eigenvalue weighted by Crippen LogP contribution is -2.46. The minimum absolute atomic E-state index is 0.0600. The Bertz CT molecular complexity index is 450. The smallest absolute Gasteiger partial charge is 0.234 e. The van der Waals surface area contributed by atoms with Gasteiger partial charge in [-0.2, -0.15) is 0 Å². The number of hydrogen-bond acceptors (Lipinski definition) is 2. The topological polar surface area (TPSA) is 41.1 Å². The first-order chi connectivity index (χ1) is 9.47. The Hall–Kier alpha value is -0.870. The number of halogens is 1. The fourth-order valence-electron chi connectivity index (χ4n) is 2.70. The van der Waals surface area contributed by atoms with E-state index in [4.69, 9.17) is 0 Å². The summed E-state index contributed by atoms with van der Waals surface area (Å²) in [4.78, 5) is 12.1. The summed E-state index contributed by atoms with van der Waals surface area (Å²) in [6.07, 6.45) is 4.96. The molecule has 1 aliphatic rings. The van der Waals surface area contributed by atoms with Crippen molar-refractivity contribution in [1.82, 2.24) is 10.6 Å². The van der Waals surface area contributed by atoms with E-state index in [1.807, 2.05) is 38.1 Å². The highest BCUT2D eigenvalue weighted by Gasteiger charge is 2.23. The van der Waals surface area contributed by atoms with E-state index in [-0.39, 0.29) is 11.4 Å². The fourth-order valence-corrected chi connectivity index (χ4v) is 2.96. The number of hydrogen-bond donors (Lipinski definition) is 2. The summed E-state index contributed by atoms with van der Waals surface area (Å²) in [6.45, 7) is 4.47. The first-order valence-electron chi connectivity index (χ1n) is 7.28. The van der Waals surface area contributed by atoms with Gasteiger partial charge in [-0.15, -0.1) is 0 Å². The van der Waals surface area contributed by atoms with Crippen LogP contribution in [0.15, 0.2) is 28.7 Å².